The Kier molecular flexibility index (Phi) is 4.73. The van der Waals surface area contributed by atoms with Crippen LogP contribution in [0.2, 0.25) is 4.34 Å². The van der Waals surface area contributed by atoms with E-state index in [1.165, 1.54) is 4.88 Å². The molecule has 0 saturated carbocycles. The van der Waals surface area contributed by atoms with E-state index >= 15 is 0 Å². The van der Waals surface area contributed by atoms with Gasteiger partial charge in [0, 0.05) is 18.0 Å². The molecule has 0 aliphatic rings. The summed E-state index contributed by atoms with van der Waals surface area (Å²) in [6.07, 6.45) is 0.705. The van der Waals surface area contributed by atoms with Gasteiger partial charge >= 0.3 is 0 Å². The van der Waals surface area contributed by atoms with Gasteiger partial charge in [-0.15, -0.1) is 11.3 Å². The Hall–Kier alpha value is -0.0900. The fourth-order valence-electron chi connectivity index (χ4n) is 1.01. The van der Waals surface area contributed by atoms with Crippen molar-refractivity contribution in [2.45, 2.75) is 19.4 Å². The van der Waals surface area contributed by atoms with Crippen molar-refractivity contribution >= 4 is 22.9 Å². The quantitative estimate of drug-likeness (QED) is 0.742. The Morgan fingerprint density at radius 1 is 1.62 bits per heavy atom. The Bertz CT molecular complexity index is 250. The molecule has 2 nitrogen and oxygen atoms in total. The summed E-state index contributed by atoms with van der Waals surface area (Å²) in [6.45, 7) is 3.32. The molecule has 0 aliphatic carbocycles. The Labute approximate surface area is 87.5 Å². The summed E-state index contributed by atoms with van der Waals surface area (Å²) >= 11 is 7.39. The number of hydrogen-bond acceptors (Lipinski definition) is 3. The molecule has 0 aliphatic heterocycles. The molecule has 1 aromatic heterocycles. The van der Waals surface area contributed by atoms with Crippen LogP contribution in [-0.4, -0.2) is 24.3 Å². The molecule has 13 heavy (non-hydrogen) atoms. The van der Waals surface area contributed by atoms with Gasteiger partial charge in [0.1, 0.15) is 0 Å². The molecular formula is C9H14ClNOS. The lowest BCUT2D eigenvalue weighted by atomic mass is 10.3. The highest BCUT2D eigenvalue weighted by molar-refractivity contribution is 7.16. The van der Waals surface area contributed by atoms with Crippen LogP contribution in [0.3, 0.4) is 0 Å². The smallest absolute Gasteiger partial charge is 0.0931 e. The van der Waals surface area contributed by atoms with Gasteiger partial charge in [0.15, 0.2) is 0 Å². The first kappa shape index (κ1) is 11.0. The van der Waals surface area contributed by atoms with Crippen LogP contribution in [0.4, 0.5) is 0 Å². The number of rotatable bonds is 5. The van der Waals surface area contributed by atoms with Crippen LogP contribution in [0.15, 0.2) is 12.1 Å². The summed E-state index contributed by atoms with van der Waals surface area (Å²) < 4.78 is 0.838. The molecule has 2 N–H and O–H groups in total. The van der Waals surface area contributed by atoms with E-state index < -0.39 is 0 Å². The second-order valence-electron chi connectivity index (χ2n) is 3.01. The zero-order valence-corrected chi connectivity index (χ0v) is 9.16. The van der Waals surface area contributed by atoms with Crippen LogP contribution in [0, 0.1) is 0 Å². The molecule has 0 saturated heterocycles. The van der Waals surface area contributed by atoms with Crippen molar-refractivity contribution < 1.29 is 5.11 Å². The zero-order valence-electron chi connectivity index (χ0n) is 7.59. The summed E-state index contributed by atoms with van der Waals surface area (Å²) in [5.74, 6) is 0. The number of nitrogens with one attached hydrogen (secondary N) is 1. The van der Waals surface area contributed by atoms with E-state index in [1.807, 2.05) is 12.1 Å². The molecule has 1 aromatic rings. The van der Waals surface area contributed by atoms with Crippen molar-refractivity contribution in [3.05, 3.63) is 21.3 Å². The summed E-state index contributed by atoms with van der Waals surface area (Å²) in [5.41, 5.74) is 0. The maximum atomic E-state index is 8.97. The predicted molar refractivity (Wildman–Crippen MR) is 57.6 cm³/mol. The van der Waals surface area contributed by atoms with Gasteiger partial charge in [-0.3, -0.25) is 0 Å². The Balaban J connectivity index is 2.13. The molecule has 4 heteroatoms. The lowest BCUT2D eigenvalue weighted by Crippen LogP contribution is -2.26. The molecule has 74 valence electrons. The van der Waals surface area contributed by atoms with E-state index in [1.54, 1.807) is 18.3 Å². The largest absolute Gasteiger partial charge is 0.392 e. The van der Waals surface area contributed by atoms with Gasteiger partial charge in [0.2, 0.25) is 0 Å². The van der Waals surface area contributed by atoms with Crippen molar-refractivity contribution in [1.29, 1.82) is 0 Å². The normalized spacial score (nSPS) is 13.2. The minimum absolute atomic E-state index is 0.271. The molecule has 0 radical (unpaired) electrons. The highest BCUT2D eigenvalue weighted by atomic mass is 35.5. The summed E-state index contributed by atoms with van der Waals surface area (Å²) in [4.78, 5) is 1.28. The lowest BCUT2D eigenvalue weighted by molar-refractivity contribution is 0.192. The second kappa shape index (κ2) is 5.60. The summed E-state index contributed by atoms with van der Waals surface area (Å²) in [5, 5.41) is 12.1. The lowest BCUT2D eigenvalue weighted by Gasteiger charge is -2.05. The van der Waals surface area contributed by atoms with Gasteiger partial charge in [0.25, 0.3) is 0 Å². The average molecular weight is 220 g/mol. The highest BCUT2D eigenvalue weighted by Gasteiger charge is 1.98. The van der Waals surface area contributed by atoms with Crippen LogP contribution >= 0.6 is 22.9 Å². The molecule has 1 atom stereocenters. The number of hydrogen-bond donors (Lipinski definition) is 2. The van der Waals surface area contributed by atoms with E-state index in [-0.39, 0.29) is 6.10 Å². The van der Waals surface area contributed by atoms with Crippen LogP contribution < -0.4 is 5.32 Å². The Morgan fingerprint density at radius 2 is 2.38 bits per heavy atom. The molecular weight excluding hydrogens is 206 g/mol. The van der Waals surface area contributed by atoms with E-state index in [4.69, 9.17) is 16.7 Å². The standard InChI is InChI=1S/C9H14ClNOS/c1-7(12)6-11-5-4-8-2-3-9(10)13-8/h2-3,7,11-12H,4-6H2,1H3/t7-/m0/s1. The molecule has 0 spiro atoms. The molecule has 0 aromatic carbocycles. The van der Waals surface area contributed by atoms with E-state index in [9.17, 15) is 0 Å². The van der Waals surface area contributed by atoms with E-state index in [0.29, 0.717) is 6.54 Å². The third-order valence-electron chi connectivity index (χ3n) is 1.62. The molecule has 0 amide bonds. The minimum atomic E-state index is -0.271. The number of thiophene rings is 1. The van der Waals surface area contributed by atoms with Crippen LogP contribution in [-0.2, 0) is 6.42 Å². The molecule has 1 heterocycles. The Morgan fingerprint density at radius 3 is 2.92 bits per heavy atom. The topological polar surface area (TPSA) is 32.3 Å². The SMILES string of the molecule is C[C@H](O)CNCCc1ccc(Cl)s1. The third-order valence-corrected chi connectivity index (χ3v) is 2.91. The number of aliphatic hydroxyl groups excluding tert-OH is 1. The van der Waals surface area contributed by atoms with E-state index in [2.05, 4.69) is 5.32 Å². The van der Waals surface area contributed by atoms with Crippen molar-refractivity contribution in [1.82, 2.24) is 5.32 Å². The zero-order chi connectivity index (χ0) is 9.68. The predicted octanol–water partition coefficient (Wildman–Crippen LogP) is 1.91. The minimum Gasteiger partial charge on any atom is -0.392 e. The van der Waals surface area contributed by atoms with E-state index in [0.717, 1.165) is 17.3 Å². The highest BCUT2D eigenvalue weighted by Crippen LogP contribution is 2.21. The van der Waals surface area contributed by atoms with Crippen molar-refractivity contribution in [2.24, 2.45) is 0 Å². The molecule has 1 rings (SSSR count). The second-order valence-corrected chi connectivity index (χ2v) is 4.81. The summed E-state index contributed by atoms with van der Waals surface area (Å²) in [7, 11) is 0. The van der Waals surface area contributed by atoms with Crippen molar-refractivity contribution in [3.63, 3.8) is 0 Å². The fourth-order valence-corrected chi connectivity index (χ4v) is 2.10. The maximum Gasteiger partial charge on any atom is 0.0931 e. The maximum absolute atomic E-state index is 8.97. The average Bonchev–Trinajstić information content (AvgIpc) is 2.45. The first-order valence-corrected chi connectivity index (χ1v) is 5.51. The number of aliphatic hydroxyl groups is 1. The van der Waals surface area contributed by atoms with Crippen LogP contribution in [0.25, 0.3) is 0 Å². The summed E-state index contributed by atoms with van der Waals surface area (Å²) in [6, 6.07) is 3.95. The van der Waals surface area contributed by atoms with Crippen LogP contribution in [0.5, 0.6) is 0 Å². The van der Waals surface area contributed by atoms with Gasteiger partial charge in [-0.05, 0) is 25.5 Å². The van der Waals surface area contributed by atoms with Crippen LogP contribution in [0.1, 0.15) is 11.8 Å². The third kappa shape index (κ3) is 4.62. The molecule has 0 bridgehead atoms. The van der Waals surface area contributed by atoms with Gasteiger partial charge < -0.3 is 10.4 Å². The molecule has 0 unspecified atom stereocenters. The molecule has 0 fully saturated rings. The first-order valence-electron chi connectivity index (χ1n) is 4.31. The number of halogens is 1. The van der Waals surface area contributed by atoms with Gasteiger partial charge in [-0.1, -0.05) is 11.6 Å². The van der Waals surface area contributed by atoms with Gasteiger partial charge in [-0.2, -0.15) is 0 Å². The van der Waals surface area contributed by atoms with Crippen molar-refractivity contribution in [2.75, 3.05) is 13.1 Å². The fraction of sp³-hybridized carbons (Fsp3) is 0.556. The monoisotopic (exact) mass is 219 g/mol. The first-order chi connectivity index (χ1) is 6.18. The van der Waals surface area contributed by atoms with Gasteiger partial charge in [0.05, 0.1) is 10.4 Å². The van der Waals surface area contributed by atoms with Gasteiger partial charge in [-0.25, -0.2) is 0 Å². The van der Waals surface area contributed by atoms with Crippen molar-refractivity contribution in [3.8, 4) is 0 Å².